The maximum atomic E-state index is 10.4. The zero-order chi connectivity index (χ0) is 13.6. The van der Waals surface area contributed by atoms with Crippen LogP contribution in [-0.4, -0.2) is 23.9 Å². The summed E-state index contributed by atoms with van der Waals surface area (Å²) in [5.74, 6) is -0.128. The van der Waals surface area contributed by atoms with E-state index in [2.05, 4.69) is 26.8 Å². The Kier molecular flexibility index (Phi) is 43.9. The summed E-state index contributed by atoms with van der Waals surface area (Å²) in [6.45, 7) is 16.6. The third-order valence-electron chi connectivity index (χ3n) is 1.42. The molecule has 18 heavy (non-hydrogen) atoms. The number of carbonyl (C=O) groups excluding carboxylic acids is 1. The van der Waals surface area contributed by atoms with Crippen LogP contribution in [0.25, 0.3) is 0 Å². The first-order valence-electron chi connectivity index (χ1n) is 6.16. The first-order valence-corrected chi connectivity index (χ1v) is 6.16. The Labute approximate surface area is 140 Å². The third-order valence-corrected chi connectivity index (χ3v) is 1.42. The largest absolute Gasteiger partial charge is 0.365 e. The van der Waals surface area contributed by atoms with E-state index in [1.165, 1.54) is 6.42 Å². The predicted octanol–water partition coefficient (Wildman–Crippen LogP) is 3.72. The van der Waals surface area contributed by atoms with Crippen molar-refractivity contribution in [2.75, 3.05) is 13.1 Å². The van der Waals surface area contributed by atoms with Gasteiger partial charge < -0.3 is 24.0 Å². The Balaban J connectivity index is -0.0000000545. The fourth-order valence-electron chi connectivity index (χ4n) is 0.764. The van der Waals surface area contributed by atoms with E-state index in [9.17, 15) is 4.79 Å². The molecule has 3 nitrogen and oxygen atoms in total. The maximum Gasteiger partial charge on any atom is 0.0823 e. The van der Waals surface area contributed by atoms with Crippen LogP contribution >= 0.6 is 0 Å². The molecule has 0 spiro atoms. The number of rotatable bonds is 0. The normalized spacial score (nSPS) is 10.8. The van der Waals surface area contributed by atoms with Crippen molar-refractivity contribution in [3.05, 3.63) is 14.4 Å². The molecule has 4 heteroatoms. The molecule has 1 saturated heterocycles. The summed E-state index contributed by atoms with van der Waals surface area (Å²) in [4.78, 5) is 11.9. The van der Waals surface area contributed by atoms with E-state index in [-0.39, 0.29) is 52.0 Å². The van der Waals surface area contributed by atoms with Crippen molar-refractivity contribution < 1.29 is 37.5 Å². The Morgan fingerprint density at radius 2 is 1.56 bits per heavy atom. The summed E-state index contributed by atoms with van der Waals surface area (Å²) in [5, 5.41) is 8.28. The van der Waals surface area contributed by atoms with Gasteiger partial charge in [-0.05, 0) is 0 Å². The smallest absolute Gasteiger partial charge is 0.0823 e. The number of hydrogen-bond acceptors (Lipinski definition) is 2. The van der Waals surface area contributed by atoms with Crippen molar-refractivity contribution in [3.63, 3.8) is 0 Å². The molecule has 1 radical (unpaired) electrons. The summed E-state index contributed by atoms with van der Waals surface area (Å²) in [7, 11) is 0. The second-order valence-electron chi connectivity index (χ2n) is 2.83. The molecule has 0 aromatic rings. The molecule has 0 N–H and O–H groups in total. The Hall–Kier alpha value is -0.0661. The van der Waals surface area contributed by atoms with Gasteiger partial charge in [0.25, 0.3) is 0 Å². The molecule has 107 valence electrons. The molecule has 0 aromatic heterocycles. The van der Waals surface area contributed by atoms with Gasteiger partial charge in [-0.15, -0.1) is 0 Å². The van der Waals surface area contributed by atoms with Crippen LogP contribution in [0.1, 0.15) is 48.0 Å². The fraction of sp³-hybridized carbons (Fsp3) is 0.714. The number of nitriles is 1. The van der Waals surface area contributed by atoms with Gasteiger partial charge in [-0.2, -0.15) is 5.26 Å². The second-order valence-corrected chi connectivity index (χ2v) is 2.83. The molecular weight excluding hydrogens is 301 g/mol. The van der Waals surface area contributed by atoms with Crippen molar-refractivity contribution in [2.45, 2.75) is 48.0 Å². The second kappa shape index (κ2) is 25.7. The molecule has 1 aliphatic rings. The van der Waals surface area contributed by atoms with Crippen LogP contribution in [0.3, 0.4) is 0 Å². The van der Waals surface area contributed by atoms with Crippen molar-refractivity contribution in [1.82, 2.24) is 4.90 Å². The molecule has 1 fully saturated rings. The zero-order valence-electron chi connectivity index (χ0n) is 13.3. The standard InChI is InChI=1S/C6H7N2O.C3H8.2C2H6.CH3.Y/c1-5(9)8-3-6(2-7)4-8;1-3-2;2*1-2;;/h6H,1,3-4H2;3H2,1-2H3;2*1-2H3;1H3;/q-1;;;;-1;. The summed E-state index contributed by atoms with van der Waals surface area (Å²) < 4.78 is 0. The van der Waals surface area contributed by atoms with Gasteiger partial charge in [-0.1, -0.05) is 48.0 Å². The monoisotopic (exact) mass is 331 g/mol. The minimum atomic E-state index is -0.179. The van der Waals surface area contributed by atoms with E-state index < -0.39 is 0 Å². The van der Waals surface area contributed by atoms with Crippen LogP contribution < -0.4 is 0 Å². The molecule has 1 amide bonds. The number of hydrogen-bond donors (Lipinski definition) is 0. The van der Waals surface area contributed by atoms with Crippen LogP contribution in [0.15, 0.2) is 0 Å². The molecule has 0 aliphatic carbocycles. The quantitative estimate of drug-likeness (QED) is 0.635. The van der Waals surface area contributed by atoms with Crippen molar-refractivity contribution in [1.29, 1.82) is 5.26 Å². The average molecular weight is 331 g/mol. The van der Waals surface area contributed by atoms with E-state index in [1.54, 1.807) is 4.90 Å². The molecule has 0 atom stereocenters. The number of amides is 1. The summed E-state index contributed by atoms with van der Waals surface area (Å²) >= 11 is 0. The predicted molar refractivity (Wildman–Crippen MR) is 76.1 cm³/mol. The summed E-state index contributed by atoms with van der Waals surface area (Å²) in [6.07, 6.45) is 1.25. The first kappa shape index (κ1) is 30.7. The molecular formula is C14H30N2OY-2. The molecule has 0 bridgehead atoms. The van der Waals surface area contributed by atoms with Crippen LogP contribution in [0.4, 0.5) is 0 Å². The molecule has 0 saturated carbocycles. The van der Waals surface area contributed by atoms with Crippen molar-refractivity contribution in [2.24, 2.45) is 5.92 Å². The Morgan fingerprint density at radius 3 is 1.72 bits per heavy atom. The molecule has 0 aromatic carbocycles. The van der Waals surface area contributed by atoms with Gasteiger partial charge in [0.2, 0.25) is 0 Å². The molecule has 1 heterocycles. The van der Waals surface area contributed by atoms with Crippen LogP contribution in [0.2, 0.25) is 0 Å². The molecule has 0 unspecified atom stereocenters. The Morgan fingerprint density at radius 1 is 1.28 bits per heavy atom. The van der Waals surface area contributed by atoms with E-state index >= 15 is 0 Å². The van der Waals surface area contributed by atoms with Crippen LogP contribution in [-0.2, 0) is 37.5 Å². The maximum absolute atomic E-state index is 10.4. The molecule has 1 rings (SSSR count). The van der Waals surface area contributed by atoms with E-state index in [1.807, 2.05) is 27.7 Å². The third kappa shape index (κ3) is 18.3. The summed E-state index contributed by atoms with van der Waals surface area (Å²) in [5.41, 5.74) is 0. The number of carbonyl (C=O) groups is 1. The van der Waals surface area contributed by atoms with Gasteiger partial charge in [0.05, 0.1) is 17.9 Å². The number of nitrogens with zero attached hydrogens (tertiary/aromatic N) is 2. The number of likely N-dealkylation sites (tertiary alicyclic amines) is 1. The zero-order valence-corrected chi connectivity index (χ0v) is 16.1. The van der Waals surface area contributed by atoms with Gasteiger partial charge >= 0.3 is 0 Å². The van der Waals surface area contributed by atoms with Crippen LogP contribution in [0, 0.1) is 31.6 Å². The minimum absolute atomic E-state index is 0. The minimum Gasteiger partial charge on any atom is -0.365 e. The van der Waals surface area contributed by atoms with Gasteiger partial charge in [0.15, 0.2) is 0 Å². The van der Waals surface area contributed by atoms with Gasteiger partial charge in [-0.25, -0.2) is 0 Å². The van der Waals surface area contributed by atoms with E-state index in [0.29, 0.717) is 13.1 Å². The van der Waals surface area contributed by atoms with Gasteiger partial charge in [0.1, 0.15) is 0 Å². The van der Waals surface area contributed by atoms with Gasteiger partial charge in [0, 0.05) is 45.8 Å². The van der Waals surface area contributed by atoms with E-state index in [0.717, 1.165) is 0 Å². The van der Waals surface area contributed by atoms with Crippen molar-refractivity contribution in [3.8, 4) is 6.07 Å². The molecule has 1 aliphatic heterocycles. The fourth-order valence-corrected chi connectivity index (χ4v) is 0.764. The average Bonchev–Trinajstić information content (AvgIpc) is 2.23. The Bertz CT molecular complexity index is 185. The summed E-state index contributed by atoms with van der Waals surface area (Å²) in [6, 6.07) is 2.06. The van der Waals surface area contributed by atoms with Gasteiger partial charge in [-0.3, -0.25) is 0 Å². The van der Waals surface area contributed by atoms with E-state index in [4.69, 9.17) is 5.26 Å². The van der Waals surface area contributed by atoms with Crippen LogP contribution in [0.5, 0.6) is 0 Å². The topological polar surface area (TPSA) is 44.1 Å². The first-order chi connectivity index (χ1) is 7.65. The van der Waals surface area contributed by atoms with Crippen molar-refractivity contribution >= 4 is 5.91 Å². The SMILES string of the molecule is CC.CC.CCC.[CH2-]C(=O)N1CC(C#N)C1.[CH3-].[Y].